The van der Waals surface area contributed by atoms with E-state index in [1.165, 1.54) is 6.42 Å². The van der Waals surface area contributed by atoms with Gasteiger partial charge in [-0.05, 0) is 19.3 Å². The third-order valence-corrected chi connectivity index (χ3v) is 4.13. The summed E-state index contributed by atoms with van der Waals surface area (Å²) in [6.07, 6.45) is 3.64. The largest absolute Gasteiger partial charge is 0.355 e. The first-order valence-corrected chi connectivity index (χ1v) is 8.32. The van der Waals surface area contributed by atoms with Crippen molar-refractivity contribution in [1.82, 2.24) is 15.4 Å². The lowest BCUT2D eigenvalue weighted by Crippen LogP contribution is -2.37. The average molecular weight is 327 g/mol. The number of hydrogen-bond donors (Lipinski definition) is 1. The number of hydrogen-bond acceptors (Lipinski definition) is 4. The van der Waals surface area contributed by atoms with Gasteiger partial charge in [0.05, 0.1) is 0 Å². The molecule has 2 aromatic rings. The Morgan fingerprint density at radius 2 is 1.88 bits per heavy atom. The summed E-state index contributed by atoms with van der Waals surface area (Å²) in [5.41, 5.74) is 1.09. The van der Waals surface area contributed by atoms with Crippen molar-refractivity contribution in [2.75, 3.05) is 19.6 Å². The summed E-state index contributed by atoms with van der Waals surface area (Å²) < 4.78 is 5.21. The number of nitrogens with one attached hydrogen (secondary N) is 1. The van der Waals surface area contributed by atoms with Gasteiger partial charge in [-0.1, -0.05) is 35.5 Å². The summed E-state index contributed by atoms with van der Waals surface area (Å²) >= 11 is 0. The molecule has 0 aliphatic carbocycles. The number of aromatic nitrogens is 1. The molecule has 1 aliphatic heterocycles. The Hall–Kier alpha value is -2.63. The van der Waals surface area contributed by atoms with Crippen LogP contribution in [0.15, 0.2) is 40.9 Å². The number of likely N-dealkylation sites (tertiary alicyclic amines) is 1. The summed E-state index contributed by atoms with van der Waals surface area (Å²) in [5.74, 6) is 0.317. The van der Waals surface area contributed by atoms with Crippen LogP contribution in [0, 0.1) is 0 Å². The summed E-state index contributed by atoms with van der Waals surface area (Å²) in [4.78, 5) is 26.0. The number of benzene rings is 1. The van der Waals surface area contributed by atoms with Crippen molar-refractivity contribution < 1.29 is 14.1 Å². The zero-order valence-electron chi connectivity index (χ0n) is 13.5. The minimum absolute atomic E-state index is 0.0973. The van der Waals surface area contributed by atoms with Crippen LogP contribution < -0.4 is 5.32 Å². The zero-order chi connectivity index (χ0) is 16.8. The molecule has 1 aromatic carbocycles. The van der Waals surface area contributed by atoms with Crippen LogP contribution in [0.5, 0.6) is 0 Å². The number of nitrogens with zero attached hydrogens (tertiary/aromatic N) is 2. The van der Waals surface area contributed by atoms with Crippen molar-refractivity contribution in [3.8, 4) is 11.3 Å². The first-order chi connectivity index (χ1) is 11.7. The second-order valence-corrected chi connectivity index (χ2v) is 5.89. The highest BCUT2D eigenvalue weighted by molar-refractivity contribution is 5.93. The SMILES string of the molecule is O=C(NCCC(=O)N1CCCCC1)c1cc(-c2ccccc2)on1. The van der Waals surface area contributed by atoms with E-state index < -0.39 is 0 Å². The lowest BCUT2D eigenvalue weighted by molar-refractivity contribution is -0.131. The van der Waals surface area contributed by atoms with E-state index in [9.17, 15) is 9.59 Å². The van der Waals surface area contributed by atoms with E-state index in [1.54, 1.807) is 6.07 Å². The Morgan fingerprint density at radius 1 is 1.12 bits per heavy atom. The highest BCUT2D eigenvalue weighted by Gasteiger charge is 2.17. The Labute approximate surface area is 140 Å². The molecule has 0 unspecified atom stereocenters. The maximum absolute atomic E-state index is 12.1. The van der Waals surface area contributed by atoms with Crippen LogP contribution in [0.3, 0.4) is 0 Å². The van der Waals surface area contributed by atoms with Crippen molar-refractivity contribution >= 4 is 11.8 Å². The van der Waals surface area contributed by atoms with E-state index in [-0.39, 0.29) is 17.5 Å². The quantitative estimate of drug-likeness (QED) is 0.915. The van der Waals surface area contributed by atoms with Crippen LogP contribution in [0.4, 0.5) is 0 Å². The molecule has 2 amide bonds. The van der Waals surface area contributed by atoms with E-state index in [0.717, 1.165) is 31.5 Å². The molecule has 6 heteroatoms. The summed E-state index contributed by atoms with van der Waals surface area (Å²) in [5, 5.41) is 6.52. The monoisotopic (exact) mass is 327 g/mol. The first-order valence-electron chi connectivity index (χ1n) is 8.32. The van der Waals surface area contributed by atoms with E-state index in [2.05, 4.69) is 10.5 Å². The second-order valence-electron chi connectivity index (χ2n) is 5.89. The number of piperidine rings is 1. The number of amides is 2. The number of carbonyl (C=O) groups excluding carboxylic acids is 2. The van der Waals surface area contributed by atoms with Gasteiger partial charge < -0.3 is 14.7 Å². The van der Waals surface area contributed by atoms with E-state index in [1.807, 2.05) is 35.2 Å². The molecule has 6 nitrogen and oxygen atoms in total. The Morgan fingerprint density at radius 3 is 2.62 bits per heavy atom. The molecule has 1 aromatic heterocycles. The highest BCUT2D eigenvalue weighted by Crippen LogP contribution is 2.19. The maximum Gasteiger partial charge on any atom is 0.273 e. The molecule has 24 heavy (non-hydrogen) atoms. The molecule has 1 N–H and O–H groups in total. The van der Waals surface area contributed by atoms with E-state index in [4.69, 9.17) is 4.52 Å². The van der Waals surface area contributed by atoms with Crippen molar-refractivity contribution in [2.24, 2.45) is 0 Å². The average Bonchev–Trinajstić information content (AvgIpc) is 3.13. The molecule has 1 saturated heterocycles. The summed E-state index contributed by atoms with van der Waals surface area (Å²) in [7, 11) is 0. The fourth-order valence-corrected chi connectivity index (χ4v) is 2.80. The van der Waals surface area contributed by atoms with Crippen LogP contribution in [-0.4, -0.2) is 41.5 Å². The first kappa shape index (κ1) is 16.2. The minimum atomic E-state index is -0.327. The van der Waals surface area contributed by atoms with Crippen LogP contribution in [0.2, 0.25) is 0 Å². The van der Waals surface area contributed by atoms with Gasteiger partial charge in [-0.15, -0.1) is 0 Å². The van der Waals surface area contributed by atoms with Gasteiger partial charge >= 0.3 is 0 Å². The third-order valence-electron chi connectivity index (χ3n) is 4.13. The van der Waals surface area contributed by atoms with E-state index in [0.29, 0.717) is 18.7 Å². The van der Waals surface area contributed by atoms with Gasteiger partial charge in [0.2, 0.25) is 5.91 Å². The fourth-order valence-electron chi connectivity index (χ4n) is 2.80. The predicted molar refractivity (Wildman–Crippen MR) is 89.3 cm³/mol. The molecule has 1 aliphatic rings. The van der Waals surface area contributed by atoms with Gasteiger partial charge in [-0.25, -0.2) is 0 Å². The van der Waals surface area contributed by atoms with Crippen LogP contribution >= 0.6 is 0 Å². The van der Waals surface area contributed by atoms with Crippen molar-refractivity contribution in [3.63, 3.8) is 0 Å². The molecule has 3 rings (SSSR count). The molecule has 1 fully saturated rings. The zero-order valence-corrected chi connectivity index (χ0v) is 13.5. The fraction of sp³-hybridized carbons (Fsp3) is 0.389. The van der Waals surface area contributed by atoms with Gasteiger partial charge in [-0.3, -0.25) is 9.59 Å². The molecular formula is C18H21N3O3. The maximum atomic E-state index is 12.1. The van der Waals surface area contributed by atoms with Gasteiger partial charge in [-0.2, -0.15) is 0 Å². The molecule has 0 spiro atoms. The Kier molecular flexibility index (Phi) is 5.25. The van der Waals surface area contributed by atoms with Crippen molar-refractivity contribution in [2.45, 2.75) is 25.7 Å². The number of carbonyl (C=O) groups is 2. The highest BCUT2D eigenvalue weighted by atomic mass is 16.5. The van der Waals surface area contributed by atoms with Gasteiger partial charge in [0.15, 0.2) is 11.5 Å². The Bertz CT molecular complexity index is 691. The smallest absolute Gasteiger partial charge is 0.273 e. The van der Waals surface area contributed by atoms with Crippen molar-refractivity contribution in [3.05, 3.63) is 42.1 Å². The molecule has 0 bridgehead atoms. The summed E-state index contributed by atoms with van der Waals surface area (Å²) in [6, 6.07) is 11.1. The molecule has 0 saturated carbocycles. The lowest BCUT2D eigenvalue weighted by Gasteiger charge is -2.26. The van der Waals surface area contributed by atoms with Crippen LogP contribution in [-0.2, 0) is 4.79 Å². The van der Waals surface area contributed by atoms with E-state index >= 15 is 0 Å². The number of rotatable bonds is 5. The second kappa shape index (κ2) is 7.77. The molecule has 126 valence electrons. The molecule has 0 radical (unpaired) electrons. The molecule has 0 atom stereocenters. The van der Waals surface area contributed by atoms with Gasteiger partial charge in [0, 0.05) is 37.7 Å². The predicted octanol–water partition coefficient (Wildman–Crippen LogP) is 2.47. The van der Waals surface area contributed by atoms with Crippen LogP contribution in [0.1, 0.15) is 36.2 Å². The molecule has 2 heterocycles. The van der Waals surface area contributed by atoms with Crippen molar-refractivity contribution in [1.29, 1.82) is 0 Å². The topological polar surface area (TPSA) is 75.4 Å². The lowest BCUT2D eigenvalue weighted by atomic mass is 10.1. The summed E-state index contributed by atoms with van der Waals surface area (Å²) in [6.45, 7) is 1.97. The minimum Gasteiger partial charge on any atom is -0.355 e. The Balaban J connectivity index is 1.49. The third kappa shape index (κ3) is 4.01. The molecular weight excluding hydrogens is 306 g/mol. The van der Waals surface area contributed by atoms with Gasteiger partial charge in [0.1, 0.15) is 0 Å². The van der Waals surface area contributed by atoms with Crippen LogP contribution in [0.25, 0.3) is 11.3 Å². The van der Waals surface area contributed by atoms with Gasteiger partial charge in [0.25, 0.3) is 5.91 Å². The normalized spacial score (nSPS) is 14.4. The standard InChI is InChI=1S/C18H21N3O3/c22-17(21-11-5-2-6-12-21)9-10-19-18(23)15-13-16(24-20-15)14-7-3-1-4-8-14/h1,3-4,7-8,13H,2,5-6,9-12H2,(H,19,23).